The Labute approximate surface area is 130 Å². The van der Waals surface area contributed by atoms with E-state index in [-0.39, 0.29) is 5.41 Å². The van der Waals surface area contributed by atoms with Crippen molar-refractivity contribution in [3.8, 4) is 0 Å². The van der Waals surface area contributed by atoms with Crippen molar-refractivity contribution in [3.05, 3.63) is 0 Å². The summed E-state index contributed by atoms with van der Waals surface area (Å²) in [6.07, 6.45) is 13.9. The molecule has 0 bridgehead atoms. The van der Waals surface area contributed by atoms with Crippen LogP contribution in [0.5, 0.6) is 0 Å². The van der Waals surface area contributed by atoms with E-state index in [1.165, 1.54) is 57.8 Å². The van der Waals surface area contributed by atoms with Gasteiger partial charge < -0.3 is 5.11 Å². The molecule has 7 atom stereocenters. The molecule has 0 spiro atoms. The van der Waals surface area contributed by atoms with Crippen LogP contribution in [0, 0.1) is 34.5 Å². The normalized spacial score (nSPS) is 60.0. The Kier molecular flexibility index (Phi) is 3.11. The summed E-state index contributed by atoms with van der Waals surface area (Å²) < 4.78 is 0. The zero-order chi connectivity index (χ0) is 14.9. The van der Waals surface area contributed by atoms with Crippen molar-refractivity contribution in [1.82, 2.24) is 0 Å². The lowest BCUT2D eigenvalue weighted by atomic mass is 9.44. The van der Waals surface area contributed by atoms with E-state index in [9.17, 15) is 5.11 Å². The monoisotopic (exact) mass is 290 g/mol. The Morgan fingerprint density at radius 2 is 1.52 bits per heavy atom. The average Bonchev–Trinajstić information content (AvgIpc) is 2.69. The van der Waals surface area contributed by atoms with E-state index in [0.29, 0.717) is 5.41 Å². The van der Waals surface area contributed by atoms with Crippen molar-refractivity contribution in [1.29, 1.82) is 0 Å². The van der Waals surface area contributed by atoms with Crippen molar-refractivity contribution in [2.45, 2.75) is 90.6 Å². The van der Waals surface area contributed by atoms with E-state index in [0.717, 1.165) is 30.1 Å². The first-order valence-corrected chi connectivity index (χ1v) is 9.61. The van der Waals surface area contributed by atoms with E-state index in [4.69, 9.17) is 0 Å². The molecule has 1 heteroatoms. The van der Waals surface area contributed by atoms with E-state index in [1.807, 2.05) is 0 Å². The van der Waals surface area contributed by atoms with Gasteiger partial charge in [-0.3, -0.25) is 0 Å². The second-order valence-corrected chi connectivity index (χ2v) is 9.67. The highest BCUT2D eigenvalue weighted by Gasteiger charge is 2.62. The standard InChI is InChI=1S/C20H34O/c1-18-11-5-4-6-14(18)7-8-15-16(18)9-12-19(2)17(15)10-13-20(19,3)21/h14-17,21H,4-13H2,1-3H3/t14-,15+,16-,17-,18+,19-,20+/m1/s1. The Bertz CT molecular complexity index is 428. The maximum absolute atomic E-state index is 10.9. The Balaban J connectivity index is 1.66. The third-order valence-electron chi connectivity index (χ3n) is 9.15. The first-order chi connectivity index (χ1) is 9.88. The van der Waals surface area contributed by atoms with Crippen molar-refractivity contribution >= 4 is 0 Å². The summed E-state index contributed by atoms with van der Waals surface area (Å²) in [6.45, 7) is 7.18. The molecule has 0 heterocycles. The average molecular weight is 290 g/mol. The molecule has 4 aliphatic carbocycles. The van der Waals surface area contributed by atoms with Crippen LogP contribution in [0.3, 0.4) is 0 Å². The molecule has 0 radical (unpaired) electrons. The van der Waals surface area contributed by atoms with Gasteiger partial charge in [0.25, 0.3) is 0 Å². The molecule has 0 aromatic carbocycles. The molecule has 0 unspecified atom stereocenters. The van der Waals surface area contributed by atoms with Crippen molar-refractivity contribution in [2.75, 3.05) is 0 Å². The fraction of sp³-hybridized carbons (Fsp3) is 1.00. The van der Waals surface area contributed by atoms with Crippen LogP contribution in [0.4, 0.5) is 0 Å². The lowest BCUT2D eigenvalue weighted by Crippen LogP contribution is -2.55. The molecule has 0 amide bonds. The Morgan fingerprint density at radius 3 is 2.33 bits per heavy atom. The van der Waals surface area contributed by atoms with Gasteiger partial charge in [-0.15, -0.1) is 0 Å². The highest BCUT2D eigenvalue weighted by atomic mass is 16.3. The minimum atomic E-state index is -0.410. The number of hydrogen-bond acceptors (Lipinski definition) is 1. The minimum Gasteiger partial charge on any atom is -0.390 e. The predicted molar refractivity (Wildman–Crippen MR) is 87.0 cm³/mol. The summed E-state index contributed by atoms with van der Waals surface area (Å²) in [5, 5.41) is 10.9. The molecule has 120 valence electrons. The van der Waals surface area contributed by atoms with E-state index in [2.05, 4.69) is 20.8 Å². The fourth-order valence-corrected chi connectivity index (χ4v) is 7.54. The van der Waals surface area contributed by atoms with Crippen molar-refractivity contribution < 1.29 is 5.11 Å². The van der Waals surface area contributed by atoms with Crippen LogP contribution in [-0.4, -0.2) is 10.7 Å². The molecule has 0 saturated heterocycles. The lowest BCUT2D eigenvalue weighted by Gasteiger charge is -2.61. The van der Waals surface area contributed by atoms with Gasteiger partial charge in [-0.2, -0.15) is 0 Å². The molecule has 1 nitrogen and oxygen atoms in total. The number of aliphatic hydroxyl groups is 1. The first-order valence-electron chi connectivity index (χ1n) is 9.61. The Hall–Kier alpha value is -0.0400. The summed E-state index contributed by atoms with van der Waals surface area (Å²) >= 11 is 0. The van der Waals surface area contributed by atoms with Crippen LogP contribution in [-0.2, 0) is 0 Å². The number of rotatable bonds is 0. The third kappa shape index (κ3) is 1.79. The van der Waals surface area contributed by atoms with Gasteiger partial charge in [0.1, 0.15) is 0 Å². The molecule has 0 aromatic rings. The first kappa shape index (κ1) is 14.5. The van der Waals surface area contributed by atoms with Gasteiger partial charge in [-0.05, 0) is 92.8 Å². The zero-order valence-corrected chi connectivity index (χ0v) is 14.3. The van der Waals surface area contributed by atoms with Crippen LogP contribution in [0.15, 0.2) is 0 Å². The highest BCUT2D eigenvalue weighted by Crippen LogP contribution is 2.68. The molecule has 4 saturated carbocycles. The molecule has 0 aliphatic heterocycles. The molecule has 0 aromatic heterocycles. The molecule has 1 N–H and O–H groups in total. The maximum atomic E-state index is 10.9. The van der Waals surface area contributed by atoms with E-state index in [1.54, 1.807) is 0 Å². The van der Waals surface area contributed by atoms with Crippen LogP contribution < -0.4 is 0 Å². The van der Waals surface area contributed by atoms with Gasteiger partial charge in [0.15, 0.2) is 0 Å². The highest BCUT2D eigenvalue weighted by molar-refractivity contribution is 5.12. The molecule has 4 aliphatic rings. The van der Waals surface area contributed by atoms with Crippen LogP contribution in [0.1, 0.15) is 85.0 Å². The summed E-state index contributed by atoms with van der Waals surface area (Å²) in [5.74, 6) is 3.69. The van der Waals surface area contributed by atoms with E-state index < -0.39 is 5.60 Å². The SMILES string of the molecule is C[C@]12CCCC[C@@H]1CC[C@H]1[C@H]2CC[C@]2(C)[C@@H]1CC[C@]2(C)O. The molecule has 4 rings (SSSR count). The van der Waals surface area contributed by atoms with E-state index >= 15 is 0 Å². The second kappa shape index (κ2) is 4.49. The molecular weight excluding hydrogens is 256 g/mol. The molecular formula is C20H34O. The summed E-state index contributed by atoms with van der Waals surface area (Å²) in [5.41, 5.74) is 0.427. The third-order valence-corrected chi connectivity index (χ3v) is 9.15. The summed E-state index contributed by atoms with van der Waals surface area (Å²) in [6, 6.07) is 0. The van der Waals surface area contributed by atoms with Gasteiger partial charge in [0, 0.05) is 0 Å². The quantitative estimate of drug-likeness (QED) is 0.652. The lowest BCUT2D eigenvalue weighted by molar-refractivity contribution is -0.145. The van der Waals surface area contributed by atoms with Gasteiger partial charge >= 0.3 is 0 Å². The zero-order valence-electron chi connectivity index (χ0n) is 14.3. The smallest absolute Gasteiger partial charge is 0.0675 e. The largest absolute Gasteiger partial charge is 0.390 e. The van der Waals surface area contributed by atoms with Crippen LogP contribution >= 0.6 is 0 Å². The molecule has 4 fully saturated rings. The maximum Gasteiger partial charge on any atom is 0.0675 e. The van der Waals surface area contributed by atoms with Gasteiger partial charge in [-0.1, -0.05) is 26.7 Å². The predicted octanol–water partition coefficient (Wildman–Crippen LogP) is 5.17. The fourth-order valence-electron chi connectivity index (χ4n) is 7.54. The van der Waals surface area contributed by atoms with Gasteiger partial charge in [0.2, 0.25) is 0 Å². The van der Waals surface area contributed by atoms with Crippen LogP contribution in [0.25, 0.3) is 0 Å². The second-order valence-electron chi connectivity index (χ2n) is 9.67. The van der Waals surface area contributed by atoms with Gasteiger partial charge in [0.05, 0.1) is 5.60 Å². The minimum absolute atomic E-state index is 0.200. The van der Waals surface area contributed by atoms with Crippen LogP contribution in [0.2, 0.25) is 0 Å². The Morgan fingerprint density at radius 1 is 0.762 bits per heavy atom. The summed E-state index contributed by atoms with van der Waals surface area (Å²) in [7, 11) is 0. The number of fused-ring (bicyclic) bond motifs is 5. The topological polar surface area (TPSA) is 20.2 Å². The van der Waals surface area contributed by atoms with Crippen molar-refractivity contribution in [3.63, 3.8) is 0 Å². The number of hydrogen-bond donors (Lipinski definition) is 1. The van der Waals surface area contributed by atoms with Gasteiger partial charge in [-0.25, -0.2) is 0 Å². The molecule has 21 heavy (non-hydrogen) atoms. The summed E-state index contributed by atoms with van der Waals surface area (Å²) in [4.78, 5) is 0. The van der Waals surface area contributed by atoms with Crippen molar-refractivity contribution in [2.24, 2.45) is 34.5 Å².